The van der Waals surface area contributed by atoms with Crippen LogP contribution in [-0.2, 0) is 19.7 Å². The van der Waals surface area contributed by atoms with Crippen molar-refractivity contribution in [3.63, 3.8) is 0 Å². The van der Waals surface area contributed by atoms with Gasteiger partial charge in [-0.25, -0.2) is 16.8 Å². The minimum absolute atomic E-state index is 0.547. The highest BCUT2D eigenvalue weighted by Crippen LogP contribution is 2.22. The van der Waals surface area contributed by atoms with Gasteiger partial charge < -0.3 is 0 Å². The second-order valence-electron chi connectivity index (χ2n) is 1.95. The first-order valence-electron chi connectivity index (χ1n) is 3.06. The fraction of sp³-hybridized carbons (Fsp3) is 0. The summed E-state index contributed by atoms with van der Waals surface area (Å²) >= 11 is 0. The number of hydrogen-bond donors (Lipinski definition) is 0. The Kier molecular flexibility index (Phi) is 3.62. The van der Waals surface area contributed by atoms with Crippen molar-refractivity contribution < 1.29 is 16.8 Å². The Morgan fingerprint density at radius 1 is 0.846 bits per heavy atom. The summed E-state index contributed by atoms with van der Waals surface area (Å²) in [7, 11) is -7.95. The fourth-order valence-corrected chi connectivity index (χ4v) is 3.06. The van der Waals surface area contributed by atoms with E-state index in [0.29, 0.717) is 10.8 Å². The first-order chi connectivity index (χ1) is 5.81. The molecule has 0 aromatic rings. The van der Waals surface area contributed by atoms with Gasteiger partial charge in [0, 0.05) is 10.8 Å². The molecule has 0 fully saturated rings. The molecule has 6 heteroatoms. The Labute approximate surface area is 78.1 Å². The molecule has 13 heavy (non-hydrogen) atoms. The van der Waals surface area contributed by atoms with E-state index in [1.165, 1.54) is 0 Å². The van der Waals surface area contributed by atoms with Crippen molar-refractivity contribution in [2.45, 2.75) is 0 Å². The molecule has 0 aromatic carbocycles. The summed E-state index contributed by atoms with van der Waals surface area (Å²) in [6.07, 6.45) is 0.744. The van der Waals surface area contributed by atoms with Gasteiger partial charge >= 0.3 is 0 Å². The van der Waals surface area contributed by atoms with Crippen molar-refractivity contribution in [2.75, 3.05) is 0 Å². The minimum Gasteiger partial charge on any atom is -0.222 e. The Bertz CT molecular complexity index is 375. The molecular weight excluding hydrogens is 212 g/mol. The average molecular weight is 221 g/mol. The lowest BCUT2D eigenvalue weighted by molar-refractivity contribution is 0.599. The molecule has 0 bridgehead atoms. The van der Waals surface area contributed by atoms with Gasteiger partial charge in [0.2, 0.25) is 4.58 Å². The predicted molar refractivity (Wildman–Crippen MR) is 51.7 cm³/mol. The second-order valence-corrected chi connectivity index (χ2v) is 5.93. The lowest BCUT2D eigenvalue weighted by Gasteiger charge is -2.06. The van der Waals surface area contributed by atoms with Crippen LogP contribution < -0.4 is 0 Å². The molecule has 0 atom stereocenters. The van der Waals surface area contributed by atoms with E-state index in [-0.39, 0.29) is 0 Å². The van der Waals surface area contributed by atoms with Crippen molar-refractivity contribution >= 4 is 19.7 Å². The van der Waals surface area contributed by atoms with Crippen LogP contribution in [-0.4, -0.2) is 16.8 Å². The van der Waals surface area contributed by atoms with E-state index in [4.69, 9.17) is 0 Å². The maximum Gasteiger partial charge on any atom is 0.236 e. The van der Waals surface area contributed by atoms with E-state index in [0.717, 1.165) is 6.08 Å². The van der Waals surface area contributed by atoms with Gasteiger partial charge in [-0.1, -0.05) is 19.2 Å². The van der Waals surface area contributed by atoms with Crippen molar-refractivity contribution in [3.8, 4) is 0 Å². The standard InChI is InChI=1S/C7H9O4S2/c1-4-7(12(8,9)5-2)13(10,11)6-3/h4-6H,1-3H2. The lowest BCUT2D eigenvalue weighted by atomic mass is 10.8. The Hall–Kier alpha value is -0.880. The fourth-order valence-electron chi connectivity index (χ4n) is 0.558. The Balaban J connectivity index is 5.56. The van der Waals surface area contributed by atoms with E-state index >= 15 is 0 Å². The first kappa shape index (κ1) is 12.1. The van der Waals surface area contributed by atoms with Crippen molar-refractivity contribution in [2.24, 2.45) is 0 Å². The molecular formula is C7H9O4S2. The molecule has 0 aromatic heterocycles. The quantitative estimate of drug-likeness (QED) is 0.688. The molecule has 4 nitrogen and oxygen atoms in total. The number of rotatable bonds is 5. The molecule has 1 radical (unpaired) electrons. The second kappa shape index (κ2) is 3.89. The summed E-state index contributed by atoms with van der Waals surface area (Å²) in [4.78, 5) is 0. The number of hydrogen-bond acceptors (Lipinski definition) is 4. The summed E-state index contributed by atoms with van der Waals surface area (Å²) in [5, 5.41) is 1.09. The third-order valence-corrected chi connectivity index (χ3v) is 4.89. The van der Waals surface area contributed by atoms with Crippen LogP contribution in [0.2, 0.25) is 0 Å². The van der Waals surface area contributed by atoms with E-state index in [9.17, 15) is 16.8 Å². The molecule has 0 aliphatic rings. The molecule has 0 saturated heterocycles. The third-order valence-electron chi connectivity index (χ3n) is 1.17. The van der Waals surface area contributed by atoms with Crippen LogP contribution in [0.15, 0.2) is 36.6 Å². The van der Waals surface area contributed by atoms with Crippen LogP contribution in [0.1, 0.15) is 0 Å². The van der Waals surface area contributed by atoms with Crippen LogP contribution in [0, 0.1) is 4.58 Å². The monoisotopic (exact) mass is 221 g/mol. The highest BCUT2D eigenvalue weighted by Gasteiger charge is 2.32. The SMILES string of the molecule is C=C[C](S(=O)(=O)C=C)S(=O)(=O)C=C. The molecule has 0 spiro atoms. The molecule has 73 valence electrons. The highest BCUT2D eigenvalue weighted by molar-refractivity contribution is 8.15. The lowest BCUT2D eigenvalue weighted by Crippen LogP contribution is -2.16. The molecule has 0 aliphatic heterocycles. The van der Waals surface area contributed by atoms with Gasteiger partial charge in [-0.3, -0.25) is 0 Å². The predicted octanol–water partition coefficient (Wildman–Crippen LogP) is 0.778. The maximum absolute atomic E-state index is 11.1. The van der Waals surface area contributed by atoms with Gasteiger partial charge in [0.05, 0.1) is 0 Å². The zero-order valence-electron chi connectivity index (χ0n) is 6.80. The topological polar surface area (TPSA) is 68.3 Å². The van der Waals surface area contributed by atoms with Crippen LogP contribution >= 0.6 is 0 Å². The summed E-state index contributed by atoms with van der Waals surface area (Å²) in [5.41, 5.74) is 0. The summed E-state index contributed by atoms with van der Waals surface area (Å²) in [5.74, 6) is 0. The van der Waals surface area contributed by atoms with Gasteiger partial charge in [0.25, 0.3) is 0 Å². The Morgan fingerprint density at radius 3 is 1.31 bits per heavy atom. The molecule has 0 amide bonds. The van der Waals surface area contributed by atoms with Crippen LogP contribution in [0.4, 0.5) is 0 Å². The zero-order valence-corrected chi connectivity index (χ0v) is 8.44. The molecule has 0 unspecified atom stereocenters. The van der Waals surface area contributed by atoms with E-state index in [1.54, 1.807) is 0 Å². The van der Waals surface area contributed by atoms with E-state index in [1.807, 2.05) is 0 Å². The van der Waals surface area contributed by atoms with Gasteiger partial charge in [-0.2, -0.15) is 0 Å². The van der Waals surface area contributed by atoms with Crippen LogP contribution in [0.25, 0.3) is 0 Å². The van der Waals surface area contributed by atoms with Gasteiger partial charge in [0.15, 0.2) is 19.7 Å². The maximum atomic E-state index is 11.1. The summed E-state index contributed by atoms with van der Waals surface area (Å²) in [6, 6.07) is 0. The smallest absolute Gasteiger partial charge is 0.222 e. The highest BCUT2D eigenvalue weighted by atomic mass is 32.3. The van der Waals surface area contributed by atoms with Gasteiger partial charge in [-0.05, 0) is 0 Å². The van der Waals surface area contributed by atoms with Crippen molar-refractivity contribution in [3.05, 3.63) is 41.2 Å². The summed E-state index contributed by atoms with van der Waals surface area (Å²) < 4.78 is 43.5. The number of sulfone groups is 2. The molecule has 0 heterocycles. The largest absolute Gasteiger partial charge is 0.236 e. The molecule has 0 aliphatic carbocycles. The van der Waals surface area contributed by atoms with Crippen molar-refractivity contribution in [1.82, 2.24) is 0 Å². The summed E-state index contributed by atoms with van der Waals surface area (Å²) in [6.45, 7) is 9.09. The third kappa shape index (κ3) is 2.53. The van der Waals surface area contributed by atoms with Gasteiger partial charge in [0.1, 0.15) is 0 Å². The average Bonchev–Trinajstić information content (AvgIpc) is 2.05. The van der Waals surface area contributed by atoms with Crippen molar-refractivity contribution in [1.29, 1.82) is 0 Å². The van der Waals surface area contributed by atoms with Gasteiger partial charge in [-0.15, -0.1) is 6.58 Å². The van der Waals surface area contributed by atoms with Crippen LogP contribution in [0.3, 0.4) is 0 Å². The molecule has 0 rings (SSSR count). The normalized spacial score (nSPS) is 12.4. The molecule has 0 saturated carbocycles. The first-order valence-corrected chi connectivity index (χ1v) is 6.15. The van der Waals surface area contributed by atoms with E-state index < -0.39 is 24.3 Å². The minimum atomic E-state index is -3.98. The zero-order chi connectivity index (χ0) is 10.7. The van der Waals surface area contributed by atoms with Crippen LogP contribution in [0.5, 0.6) is 0 Å². The van der Waals surface area contributed by atoms with E-state index in [2.05, 4.69) is 19.7 Å². The Morgan fingerprint density at radius 2 is 1.15 bits per heavy atom. The molecule has 0 N–H and O–H groups in total.